The molecule has 3 aromatic rings. The molecule has 2 aromatic heterocycles. The molecule has 0 radical (unpaired) electrons. The number of nitrogens with zero attached hydrogens (tertiary/aromatic N) is 4. The number of aromatic nitrogens is 3. The van der Waals surface area contributed by atoms with E-state index in [1.165, 1.54) is 0 Å². The van der Waals surface area contributed by atoms with Crippen LogP contribution in [-0.2, 0) is 0 Å². The number of carbonyl (C=O) groups is 1. The summed E-state index contributed by atoms with van der Waals surface area (Å²) in [6.45, 7) is 1.27. The van der Waals surface area contributed by atoms with Crippen LogP contribution in [0, 0.1) is 11.8 Å². The first kappa shape index (κ1) is 18.9. The molecule has 1 aliphatic carbocycles. The smallest absolute Gasteiger partial charge is 0.274 e. The molecule has 8 heteroatoms. The Morgan fingerprint density at radius 2 is 1.90 bits per heavy atom. The van der Waals surface area contributed by atoms with Crippen molar-refractivity contribution in [3.63, 3.8) is 0 Å². The third-order valence-corrected chi connectivity index (χ3v) is 6.17. The van der Waals surface area contributed by atoms with E-state index in [4.69, 9.17) is 9.47 Å². The zero-order valence-electron chi connectivity index (χ0n) is 16.7. The fraction of sp³-hybridized carbons (Fsp3) is 0.409. The molecule has 2 fully saturated rings. The monoisotopic (exact) mass is 408 g/mol. The van der Waals surface area contributed by atoms with Crippen LogP contribution in [0.1, 0.15) is 23.3 Å². The Morgan fingerprint density at radius 1 is 1.13 bits per heavy atom. The number of amides is 1. The Balaban J connectivity index is 1.29. The van der Waals surface area contributed by atoms with Gasteiger partial charge in [-0.3, -0.25) is 9.20 Å². The molecule has 0 spiro atoms. The Kier molecular flexibility index (Phi) is 4.78. The summed E-state index contributed by atoms with van der Waals surface area (Å²) in [5, 5.41) is 10.7. The lowest BCUT2D eigenvalue weighted by atomic mass is 9.78. The summed E-state index contributed by atoms with van der Waals surface area (Å²) in [5.41, 5.74) is 0.398. The minimum Gasteiger partial charge on any atom is -0.493 e. The molecular formula is C22H24N4O4. The highest BCUT2D eigenvalue weighted by molar-refractivity contribution is 5.93. The number of carbonyl (C=O) groups excluding carboxylic acids is 1. The maximum atomic E-state index is 13.0. The van der Waals surface area contributed by atoms with Gasteiger partial charge in [-0.25, -0.2) is 9.97 Å². The second-order valence-corrected chi connectivity index (χ2v) is 8.03. The minimum absolute atomic E-state index is 0.0911. The van der Waals surface area contributed by atoms with Gasteiger partial charge in [0, 0.05) is 31.7 Å². The van der Waals surface area contributed by atoms with Crippen LogP contribution in [-0.4, -0.2) is 62.7 Å². The van der Waals surface area contributed by atoms with Crippen LogP contribution in [0.4, 0.5) is 0 Å². The van der Waals surface area contributed by atoms with Gasteiger partial charge in [0.25, 0.3) is 5.91 Å². The SMILES string of the molecule is COc1ccccc1O[C@@H]1C[C@@H]2CN(C(=O)c3cn4cccnc4n3)C[C@@H]2C[C@H]1O. The summed E-state index contributed by atoms with van der Waals surface area (Å²) in [4.78, 5) is 23.4. The number of likely N-dealkylation sites (tertiary alicyclic amines) is 1. The zero-order valence-corrected chi connectivity index (χ0v) is 16.7. The second-order valence-electron chi connectivity index (χ2n) is 8.03. The molecule has 5 rings (SSSR count). The zero-order chi connectivity index (χ0) is 20.7. The largest absolute Gasteiger partial charge is 0.493 e. The number of imidazole rings is 1. The average Bonchev–Trinajstić information content (AvgIpc) is 3.37. The predicted molar refractivity (Wildman–Crippen MR) is 109 cm³/mol. The van der Waals surface area contributed by atoms with E-state index in [0.717, 1.165) is 0 Å². The van der Waals surface area contributed by atoms with E-state index < -0.39 is 6.10 Å². The molecule has 30 heavy (non-hydrogen) atoms. The molecule has 1 amide bonds. The summed E-state index contributed by atoms with van der Waals surface area (Å²) in [5.74, 6) is 2.25. The summed E-state index contributed by atoms with van der Waals surface area (Å²) < 4.78 is 13.2. The topological polar surface area (TPSA) is 89.2 Å². The Morgan fingerprint density at radius 3 is 2.67 bits per heavy atom. The van der Waals surface area contributed by atoms with Gasteiger partial charge in [0.2, 0.25) is 5.78 Å². The van der Waals surface area contributed by atoms with Gasteiger partial charge in [0.1, 0.15) is 11.8 Å². The Hall–Kier alpha value is -3.13. The van der Waals surface area contributed by atoms with Crippen molar-refractivity contribution < 1.29 is 19.4 Å². The van der Waals surface area contributed by atoms with E-state index in [-0.39, 0.29) is 23.8 Å². The summed E-state index contributed by atoms with van der Waals surface area (Å²) >= 11 is 0. The highest BCUT2D eigenvalue weighted by Crippen LogP contribution is 2.39. The number of methoxy groups -OCH3 is 1. The van der Waals surface area contributed by atoms with E-state index in [1.54, 1.807) is 30.0 Å². The molecule has 8 nitrogen and oxygen atoms in total. The fourth-order valence-corrected chi connectivity index (χ4v) is 4.66. The van der Waals surface area contributed by atoms with Crippen LogP contribution in [0.15, 0.2) is 48.9 Å². The van der Waals surface area contributed by atoms with Crippen LogP contribution in [0.25, 0.3) is 5.78 Å². The number of aliphatic hydroxyl groups excluding tert-OH is 1. The highest BCUT2D eigenvalue weighted by Gasteiger charge is 2.44. The van der Waals surface area contributed by atoms with E-state index in [1.807, 2.05) is 35.4 Å². The first-order valence-electron chi connectivity index (χ1n) is 10.2. The molecule has 1 aromatic carbocycles. The van der Waals surface area contributed by atoms with Gasteiger partial charge in [-0.05, 0) is 42.9 Å². The summed E-state index contributed by atoms with van der Waals surface area (Å²) in [6, 6.07) is 9.26. The third-order valence-electron chi connectivity index (χ3n) is 6.17. The predicted octanol–water partition coefficient (Wildman–Crippen LogP) is 2.03. The van der Waals surface area contributed by atoms with Gasteiger partial charge >= 0.3 is 0 Å². The number of rotatable bonds is 4. The van der Waals surface area contributed by atoms with Crippen molar-refractivity contribution in [2.45, 2.75) is 25.0 Å². The van der Waals surface area contributed by atoms with Crippen LogP contribution >= 0.6 is 0 Å². The maximum absolute atomic E-state index is 13.0. The quantitative estimate of drug-likeness (QED) is 0.711. The lowest BCUT2D eigenvalue weighted by molar-refractivity contribution is -0.0240. The van der Waals surface area contributed by atoms with E-state index in [9.17, 15) is 9.90 Å². The van der Waals surface area contributed by atoms with Crippen LogP contribution in [0.2, 0.25) is 0 Å². The lowest BCUT2D eigenvalue weighted by Gasteiger charge is -2.35. The lowest BCUT2D eigenvalue weighted by Crippen LogP contribution is -2.42. The van der Waals surface area contributed by atoms with Crippen molar-refractivity contribution in [3.05, 3.63) is 54.6 Å². The van der Waals surface area contributed by atoms with Crippen LogP contribution in [0.5, 0.6) is 11.5 Å². The number of para-hydroxylation sites is 2. The summed E-state index contributed by atoms with van der Waals surface area (Å²) in [6.07, 6.45) is 5.61. The van der Waals surface area contributed by atoms with Gasteiger partial charge < -0.3 is 19.5 Å². The van der Waals surface area contributed by atoms with E-state index >= 15 is 0 Å². The van der Waals surface area contributed by atoms with Gasteiger partial charge in [0.05, 0.1) is 13.2 Å². The summed E-state index contributed by atoms with van der Waals surface area (Å²) in [7, 11) is 1.60. The van der Waals surface area contributed by atoms with Crippen LogP contribution < -0.4 is 9.47 Å². The number of hydrogen-bond acceptors (Lipinski definition) is 6. The standard InChI is InChI=1S/C22H24N4O4/c1-29-18-5-2-3-6-19(18)30-20-10-15-12-26(11-14(15)9-17(20)27)21(28)16-13-25-8-4-7-23-22(25)24-16/h2-8,13-15,17,20,27H,9-12H2,1H3/t14-,15+,17+,20+/m0/s1. The van der Waals surface area contributed by atoms with Crippen molar-refractivity contribution in [2.24, 2.45) is 11.8 Å². The molecule has 1 N–H and O–H groups in total. The van der Waals surface area contributed by atoms with E-state index in [2.05, 4.69) is 9.97 Å². The number of hydrogen-bond donors (Lipinski definition) is 1. The van der Waals surface area contributed by atoms with Gasteiger partial charge in [-0.2, -0.15) is 0 Å². The third kappa shape index (κ3) is 3.37. The molecule has 0 unspecified atom stereocenters. The molecule has 1 saturated carbocycles. The molecule has 1 aliphatic heterocycles. The highest BCUT2D eigenvalue weighted by atomic mass is 16.5. The van der Waals surface area contributed by atoms with Crippen molar-refractivity contribution >= 4 is 11.7 Å². The first-order valence-corrected chi connectivity index (χ1v) is 10.2. The van der Waals surface area contributed by atoms with Crippen molar-refractivity contribution in [1.29, 1.82) is 0 Å². The number of aliphatic hydroxyl groups is 1. The van der Waals surface area contributed by atoms with Gasteiger partial charge in [-0.1, -0.05) is 12.1 Å². The molecule has 1 saturated heterocycles. The molecule has 156 valence electrons. The van der Waals surface area contributed by atoms with Crippen molar-refractivity contribution in [2.75, 3.05) is 20.2 Å². The molecular weight excluding hydrogens is 384 g/mol. The van der Waals surface area contributed by atoms with Gasteiger partial charge in [0.15, 0.2) is 11.5 Å². The number of benzene rings is 1. The molecule has 3 heterocycles. The fourth-order valence-electron chi connectivity index (χ4n) is 4.66. The van der Waals surface area contributed by atoms with Gasteiger partial charge in [-0.15, -0.1) is 0 Å². The molecule has 0 bridgehead atoms. The van der Waals surface area contributed by atoms with E-state index in [0.29, 0.717) is 48.9 Å². The normalized spacial score (nSPS) is 25.9. The Labute approximate surface area is 174 Å². The maximum Gasteiger partial charge on any atom is 0.274 e. The second kappa shape index (κ2) is 7.60. The molecule has 2 aliphatic rings. The minimum atomic E-state index is -0.578. The first-order chi connectivity index (χ1) is 14.6. The van der Waals surface area contributed by atoms with Crippen molar-refractivity contribution in [3.8, 4) is 11.5 Å². The van der Waals surface area contributed by atoms with Crippen LogP contribution in [0.3, 0.4) is 0 Å². The average molecular weight is 408 g/mol. The number of fused-ring (bicyclic) bond motifs is 2. The molecule has 4 atom stereocenters. The Bertz CT molecular complexity index is 1030. The number of ether oxygens (including phenoxy) is 2. The van der Waals surface area contributed by atoms with Crippen molar-refractivity contribution in [1.82, 2.24) is 19.3 Å².